The fourth-order valence-electron chi connectivity index (χ4n) is 5.13. The fraction of sp³-hybridized carbons (Fsp3) is 0.516. The van der Waals surface area contributed by atoms with Crippen molar-refractivity contribution in [2.75, 3.05) is 0 Å². The van der Waals surface area contributed by atoms with Gasteiger partial charge in [-0.2, -0.15) is 0 Å². The zero-order valence-corrected chi connectivity index (χ0v) is 20.8. The van der Waals surface area contributed by atoms with Crippen LogP contribution in [0.25, 0.3) is 0 Å². The third-order valence-corrected chi connectivity index (χ3v) is 7.04. The molecule has 178 valence electrons. The SMILES string of the molecule is CCCCCCCCCCCCCC(C(Cc1ccccc1)c1ccccc1)[n+]1cc[nH]c1. The number of aromatic nitrogens is 2. The molecule has 1 aromatic heterocycles. The molecule has 1 heterocycles. The second-order valence-electron chi connectivity index (χ2n) is 9.66. The van der Waals surface area contributed by atoms with Crippen LogP contribution in [0.15, 0.2) is 79.4 Å². The summed E-state index contributed by atoms with van der Waals surface area (Å²) in [5.41, 5.74) is 2.87. The van der Waals surface area contributed by atoms with Gasteiger partial charge in [0, 0.05) is 5.92 Å². The van der Waals surface area contributed by atoms with Gasteiger partial charge in [-0.3, -0.25) is 4.98 Å². The molecule has 0 spiro atoms. The van der Waals surface area contributed by atoms with Crippen LogP contribution in [0.2, 0.25) is 0 Å². The van der Waals surface area contributed by atoms with Crippen LogP contribution in [0, 0.1) is 0 Å². The summed E-state index contributed by atoms with van der Waals surface area (Å²) in [5.74, 6) is 0.470. The lowest BCUT2D eigenvalue weighted by Crippen LogP contribution is -2.41. The molecular weight excluding hydrogens is 400 g/mol. The van der Waals surface area contributed by atoms with Crippen LogP contribution in [0.5, 0.6) is 0 Å². The molecular formula is C31H45N2+. The Kier molecular flexibility index (Phi) is 11.9. The molecule has 2 aromatic carbocycles. The van der Waals surface area contributed by atoms with Crippen LogP contribution in [0.3, 0.4) is 0 Å². The van der Waals surface area contributed by atoms with Gasteiger partial charge in [0.2, 0.25) is 6.33 Å². The number of imidazole rings is 1. The highest BCUT2D eigenvalue weighted by atomic mass is 15.1. The molecule has 0 saturated heterocycles. The number of H-pyrrole nitrogens is 1. The van der Waals surface area contributed by atoms with E-state index in [-0.39, 0.29) is 0 Å². The number of nitrogens with one attached hydrogen (secondary N) is 1. The number of aromatic amines is 1. The van der Waals surface area contributed by atoms with E-state index in [2.05, 4.69) is 95.9 Å². The smallest absolute Gasteiger partial charge is 0.241 e. The fourth-order valence-corrected chi connectivity index (χ4v) is 5.13. The normalized spacial score (nSPS) is 13.1. The summed E-state index contributed by atoms with van der Waals surface area (Å²) in [6.45, 7) is 2.29. The van der Waals surface area contributed by atoms with Crippen LogP contribution in [0.1, 0.15) is 107 Å². The van der Waals surface area contributed by atoms with Gasteiger partial charge in [0.15, 0.2) is 0 Å². The summed E-state index contributed by atoms with van der Waals surface area (Å²) in [5, 5.41) is 0. The molecule has 0 aliphatic rings. The van der Waals surface area contributed by atoms with E-state index in [0.717, 1.165) is 6.42 Å². The largest absolute Gasteiger partial charge is 0.250 e. The molecule has 33 heavy (non-hydrogen) atoms. The van der Waals surface area contributed by atoms with E-state index in [0.29, 0.717) is 12.0 Å². The Labute approximate surface area is 202 Å². The number of unbranched alkanes of at least 4 members (excludes halogenated alkanes) is 10. The van der Waals surface area contributed by atoms with Gasteiger partial charge in [-0.1, -0.05) is 132 Å². The van der Waals surface area contributed by atoms with Crippen molar-refractivity contribution < 1.29 is 4.57 Å². The second kappa shape index (κ2) is 15.5. The summed E-state index contributed by atoms with van der Waals surface area (Å²) < 4.78 is 2.41. The van der Waals surface area contributed by atoms with Gasteiger partial charge in [0.05, 0.1) is 0 Å². The number of rotatable bonds is 17. The zero-order chi connectivity index (χ0) is 23.0. The van der Waals surface area contributed by atoms with E-state index in [1.165, 1.54) is 88.2 Å². The minimum absolute atomic E-state index is 0.470. The standard InChI is InChI=1S/C31H44N2/c1-2-3-4-5-6-7-8-9-10-11-18-23-31(33-25-24-32-27-33)30(29-21-16-13-17-22-29)26-28-19-14-12-15-20-28/h12-17,19-22,24-25,27,30-31H,2-11,18,23,26H2,1H3/p+1. The van der Waals surface area contributed by atoms with E-state index in [1.54, 1.807) is 0 Å². The molecule has 1 N–H and O–H groups in total. The van der Waals surface area contributed by atoms with E-state index in [4.69, 9.17) is 0 Å². The summed E-state index contributed by atoms with van der Waals surface area (Å²) in [4.78, 5) is 3.29. The summed E-state index contributed by atoms with van der Waals surface area (Å²) in [6.07, 6.45) is 24.1. The van der Waals surface area contributed by atoms with Crippen molar-refractivity contribution >= 4 is 0 Å². The zero-order valence-electron chi connectivity index (χ0n) is 20.8. The van der Waals surface area contributed by atoms with Crippen molar-refractivity contribution in [1.82, 2.24) is 4.98 Å². The van der Waals surface area contributed by atoms with Crippen LogP contribution in [0.4, 0.5) is 0 Å². The highest BCUT2D eigenvalue weighted by Crippen LogP contribution is 2.32. The molecule has 2 atom stereocenters. The van der Waals surface area contributed by atoms with E-state index in [9.17, 15) is 0 Å². The van der Waals surface area contributed by atoms with Crippen molar-refractivity contribution in [3.63, 3.8) is 0 Å². The first-order chi connectivity index (χ1) is 16.4. The maximum absolute atomic E-state index is 3.29. The van der Waals surface area contributed by atoms with E-state index >= 15 is 0 Å². The lowest BCUT2D eigenvalue weighted by Gasteiger charge is -2.26. The Morgan fingerprint density at radius 2 is 1.27 bits per heavy atom. The van der Waals surface area contributed by atoms with Gasteiger partial charge in [0.25, 0.3) is 0 Å². The summed E-state index contributed by atoms with van der Waals surface area (Å²) >= 11 is 0. The highest BCUT2D eigenvalue weighted by Gasteiger charge is 2.28. The van der Waals surface area contributed by atoms with Crippen molar-refractivity contribution in [2.45, 2.75) is 102 Å². The molecule has 0 amide bonds. The molecule has 0 aliphatic carbocycles. The molecule has 0 saturated carbocycles. The highest BCUT2D eigenvalue weighted by molar-refractivity contribution is 5.25. The van der Waals surface area contributed by atoms with Crippen molar-refractivity contribution in [3.05, 3.63) is 90.5 Å². The number of hydrogen-bond acceptors (Lipinski definition) is 0. The minimum atomic E-state index is 0.470. The van der Waals surface area contributed by atoms with Gasteiger partial charge in [0.1, 0.15) is 18.4 Å². The van der Waals surface area contributed by atoms with Crippen LogP contribution in [-0.2, 0) is 6.42 Å². The van der Waals surface area contributed by atoms with E-state index < -0.39 is 0 Å². The first kappa shape index (κ1) is 25.3. The molecule has 0 fully saturated rings. The predicted octanol–water partition coefficient (Wildman–Crippen LogP) is 8.57. The Morgan fingerprint density at radius 1 is 0.697 bits per heavy atom. The van der Waals surface area contributed by atoms with Crippen LogP contribution in [-0.4, -0.2) is 4.98 Å². The third-order valence-electron chi connectivity index (χ3n) is 7.04. The van der Waals surface area contributed by atoms with Gasteiger partial charge in [-0.05, 0) is 30.4 Å². The lowest BCUT2D eigenvalue weighted by atomic mass is 9.83. The van der Waals surface area contributed by atoms with Crippen LogP contribution >= 0.6 is 0 Å². The van der Waals surface area contributed by atoms with Crippen LogP contribution < -0.4 is 4.57 Å². The van der Waals surface area contributed by atoms with Crippen molar-refractivity contribution in [2.24, 2.45) is 0 Å². The topological polar surface area (TPSA) is 19.7 Å². The molecule has 0 bridgehead atoms. The number of nitrogens with zero attached hydrogens (tertiary/aromatic N) is 1. The molecule has 3 rings (SSSR count). The maximum atomic E-state index is 3.29. The van der Waals surface area contributed by atoms with Crippen molar-refractivity contribution in [1.29, 1.82) is 0 Å². The monoisotopic (exact) mass is 445 g/mol. The third kappa shape index (κ3) is 9.20. The minimum Gasteiger partial charge on any atom is -0.250 e. The first-order valence-corrected chi connectivity index (χ1v) is 13.5. The molecule has 3 aromatic rings. The second-order valence-corrected chi connectivity index (χ2v) is 9.66. The van der Waals surface area contributed by atoms with Gasteiger partial charge in [-0.25, -0.2) is 4.57 Å². The van der Waals surface area contributed by atoms with Gasteiger partial charge >= 0.3 is 0 Å². The molecule has 2 heteroatoms. The molecule has 0 aliphatic heterocycles. The molecule has 2 unspecified atom stereocenters. The average Bonchev–Trinajstić information content (AvgIpc) is 3.40. The lowest BCUT2D eigenvalue weighted by molar-refractivity contribution is -0.725. The quantitative estimate of drug-likeness (QED) is 0.159. The first-order valence-electron chi connectivity index (χ1n) is 13.5. The van der Waals surface area contributed by atoms with Gasteiger partial charge < -0.3 is 0 Å². The number of hydrogen-bond donors (Lipinski definition) is 1. The summed E-state index contributed by atoms with van der Waals surface area (Å²) in [7, 11) is 0. The maximum Gasteiger partial charge on any atom is 0.241 e. The molecule has 2 nitrogen and oxygen atoms in total. The summed E-state index contributed by atoms with van der Waals surface area (Å²) in [6, 6.07) is 22.6. The predicted molar refractivity (Wildman–Crippen MR) is 140 cm³/mol. The van der Waals surface area contributed by atoms with E-state index in [1.807, 2.05) is 0 Å². The molecule has 0 radical (unpaired) electrons. The van der Waals surface area contributed by atoms with Crippen molar-refractivity contribution in [3.8, 4) is 0 Å². The van der Waals surface area contributed by atoms with Gasteiger partial charge in [-0.15, -0.1) is 0 Å². The Balaban J connectivity index is 1.53. The number of benzene rings is 2. The average molecular weight is 446 g/mol. The Hall–Kier alpha value is -2.35. The Bertz CT molecular complexity index is 826. The Morgan fingerprint density at radius 3 is 1.85 bits per heavy atom.